The zero-order valence-corrected chi connectivity index (χ0v) is 11.0. The van der Waals surface area contributed by atoms with E-state index in [0.717, 1.165) is 12.8 Å². The average molecular weight is 258 g/mol. The lowest BCUT2D eigenvalue weighted by Crippen LogP contribution is -2.11. The Morgan fingerprint density at radius 2 is 2.00 bits per heavy atom. The summed E-state index contributed by atoms with van der Waals surface area (Å²) in [5.74, 6) is -1.72. The molecule has 0 saturated heterocycles. The van der Waals surface area contributed by atoms with Gasteiger partial charge in [0, 0.05) is 24.2 Å². The van der Waals surface area contributed by atoms with E-state index in [1.807, 2.05) is 6.92 Å². The predicted molar refractivity (Wildman–Crippen MR) is 69.1 cm³/mol. The van der Waals surface area contributed by atoms with Gasteiger partial charge in [-0.2, -0.15) is 0 Å². The number of aliphatic hydroxyl groups excluding tert-OH is 1. The van der Waals surface area contributed by atoms with E-state index in [4.69, 9.17) is 10.2 Å². The van der Waals surface area contributed by atoms with Crippen molar-refractivity contribution in [1.82, 2.24) is 0 Å². The van der Waals surface area contributed by atoms with Crippen molar-refractivity contribution in [1.29, 1.82) is 0 Å². The Kier molecular flexibility index (Phi) is 12.3. The minimum Gasteiger partial charge on any atom is -0.478 e. The van der Waals surface area contributed by atoms with Crippen molar-refractivity contribution in [2.24, 2.45) is 5.92 Å². The molecule has 0 aromatic carbocycles. The quantitative estimate of drug-likeness (QED) is 0.413. The van der Waals surface area contributed by atoms with Gasteiger partial charge in [-0.1, -0.05) is 33.4 Å². The van der Waals surface area contributed by atoms with E-state index < -0.39 is 5.97 Å². The van der Waals surface area contributed by atoms with Crippen LogP contribution in [0.3, 0.4) is 0 Å². The Hall–Kier alpha value is -1.62. The van der Waals surface area contributed by atoms with Crippen LogP contribution in [-0.4, -0.2) is 35.4 Å². The highest BCUT2D eigenvalue weighted by molar-refractivity contribution is 5.86. The average Bonchev–Trinajstić information content (AvgIpc) is 2.37. The molecule has 0 aromatic rings. The second-order valence-corrected chi connectivity index (χ2v) is 3.64. The van der Waals surface area contributed by atoms with E-state index in [-0.39, 0.29) is 24.1 Å². The molecule has 0 heterocycles. The molecule has 104 valence electrons. The fourth-order valence-corrected chi connectivity index (χ4v) is 0.697. The van der Waals surface area contributed by atoms with Crippen LogP contribution in [0.25, 0.3) is 0 Å². The topological polar surface area (TPSA) is 83.8 Å². The van der Waals surface area contributed by atoms with Gasteiger partial charge in [0.1, 0.15) is 0 Å². The second kappa shape index (κ2) is 11.9. The van der Waals surface area contributed by atoms with Gasteiger partial charge in [0.2, 0.25) is 0 Å². The summed E-state index contributed by atoms with van der Waals surface area (Å²) in [5, 5.41) is 16.7. The highest BCUT2D eigenvalue weighted by atomic mass is 16.5. The minimum absolute atomic E-state index is 0.0532. The van der Waals surface area contributed by atoms with E-state index in [2.05, 4.69) is 17.9 Å². The largest absolute Gasteiger partial charge is 0.478 e. The van der Waals surface area contributed by atoms with Gasteiger partial charge in [-0.25, -0.2) is 9.59 Å². The Morgan fingerprint density at radius 1 is 1.44 bits per heavy atom. The number of hydrogen-bond donors (Lipinski definition) is 2. The molecule has 0 aromatic heterocycles. The van der Waals surface area contributed by atoms with Crippen molar-refractivity contribution in [3.63, 3.8) is 0 Å². The summed E-state index contributed by atoms with van der Waals surface area (Å²) in [5.41, 5.74) is 0.0532. The minimum atomic E-state index is -1.04. The number of esters is 1. The van der Waals surface area contributed by atoms with Crippen molar-refractivity contribution in [3.05, 3.63) is 24.8 Å². The van der Waals surface area contributed by atoms with Crippen LogP contribution in [0.2, 0.25) is 0 Å². The summed E-state index contributed by atoms with van der Waals surface area (Å²) >= 11 is 0. The van der Waals surface area contributed by atoms with Crippen LogP contribution in [0.1, 0.15) is 26.7 Å². The maximum atomic E-state index is 10.3. The van der Waals surface area contributed by atoms with Crippen LogP contribution in [0, 0.1) is 5.92 Å². The zero-order valence-electron chi connectivity index (χ0n) is 11.0. The van der Waals surface area contributed by atoms with Gasteiger partial charge < -0.3 is 14.9 Å². The SMILES string of the molecule is C=C(C(=O)O)C(C)CO.C=CC(=O)OCCCC. The summed E-state index contributed by atoms with van der Waals surface area (Å²) in [6.45, 7) is 10.5. The second-order valence-electron chi connectivity index (χ2n) is 3.64. The number of aliphatic carboxylic acids is 1. The monoisotopic (exact) mass is 258 g/mol. The molecule has 0 rings (SSSR count). The number of carbonyl (C=O) groups is 2. The molecular weight excluding hydrogens is 236 g/mol. The summed E-state index contributed by atoms with van der Waals surface area (Å²) in [6.07, 6.45) is 3.15. The number of hydrogen-bond acceptors (Lipinski definition) is 4. The third-order valence-electron chi connectivity index (χ3n) is 2.05. The lowest BCUT2D eigenvalue weighted by molar-refractivity contribution is -0.138. The molecule has 2 N–H and O–H groups in total. The Morgan fingerprint density at radius 3 is 2.28 bits per heavy atom. The Balaban J connectivity index is 0. The molecule has 1 atom stereocenters. The van der Waals surface area contributed by atoms with Gasteiger partial charge in [0.05, 0.1) is 6.61 Å². The third kappa shape index (κ3) is 10.9. The predicted octanol–water partition coefficient (Wildman–Crippen LogP) is 1.77. The Labute approximate surface area is 108 Å². The molecule has 0 amide bonds. The number of aliphatic hydroxyl groups is 1. The maximum Gasteiger partial charge on any atom is 0.331 e. The first-order chi connectivity index (χ1) is 8.40. The van der Waals surface area contributed by atoms with Crippen LogP contribution in [-0.2, 0) is 14.3 Å². The van der Waals surface area contributed by atoms with Gasteiger partial charge >= 0.3 is 11.9 Å². The smallest absolute Gasteiger partial charge is 0.331 e. The molecule has 5 heteroatoms. The van der Waals surface area contributed by atoms with Gasteiger partial charge in [0.15, 0.2) is 0 Å². The van der Waals surface area contributed by atoms with Crippen molar-refractivity contribution in [3.8, 4) is 0 Å². The van der Waals surface area contributed by atoms with Gasteiger partial charge in [-0.3, -0.25) is 0 Å². The molecule has 0 aliphatic heterocycles. The van der Waals surface area contributed by atoms with Crippen LogP contribution < -0.4 is 0 Å². The number of carbonyl (C=O) groups excluding carboxylic acids is 1. The molecule has 0 radical (unpaired) electrons. The van der Waals surface area contributed by atoms with E-state index in [0.29, 0.717) is 6.61 Å². The molecule has 18 heavy (non-hydrogen) atoms. The first kappa shape index (κ1) is 18.7. The van der Waals surface area contributed by atoms with Crippen LogP contribution in [0.4, 0.5) is 0 Å². The highest BCUT2D eigenvalue weighted by Gasteiger charge is 2.10. The first-order valence-electron chi connectivity index (χ1n) is 5.72. The molecule has 0 saturated carbocycles. The molecular formula is C13H22O5. The zero-order chi connectivity index (χ0) is 14.6. The van der Waals surface area contributed by atoms with Crippen molar-refractivity contribution in [2.45, 2.75) is 26.7 Å². The summed E-state index contributed by atoms with van der Waals surface area (Å²) in [4.78, 5) is 20.4. The number of rotatable bonds is 7. The van der Waals surface area contributed by atoms with Gasteiger partial charge in [-0.15, -0.1) is 0 Å². The summed E-state index contributed by atoms with van der Waals surface area (Å²) in [6, 6.07) is 0. The molecule has 0 aliphatic rings. The third-order valence-corrected chi connectivity index (χ3v) is 2.05. The number of ether oxygens (including phenoxy) is 1. The van der Waals surface area contributed by atoms with Crippen molar-refractivity contribution >= 4 is 11.9 Å². The van der Waals surface area contributed by atoms with Crippen LogP contribution in [0.5, 0.6) is 0 Å². The molecule has 0 aliphatic carbocycles. The normalized spacial score (nSPS) is 10.6. The van der Waals surface area contributed by atoms with E-state index >= 15 is 0 Å². The molecule has 0 spiro atoms. The molecule has 0 fully saturated rings. The van der Waals surface area contributed by atoms with Crippen molar-refractivity contribution < 1.29 is 24.5 Å². The van der Waals surface area contributed by atoms with Crippen LogP contribution >= 0.6 is 0 Å². The van der Waals surface area contributed by atoms with E-state index in [1.54, 1.807) is 6.92 Å². The van der Waals surface area contributed by atoms with Crippen molar-refractivity contribution in [2.75, 3.05) is 13.2 Å². The molecule has 0 bridgehead atoms. The van der Waals surface area contributed by atoms with Gasteiger partial charge in [-0.05, 0) is 6.42 Å². The van der Waals surface area contributed by atoms with Crippen LogP contribution in [0.15, 0.2) is 24.8 Å². The summed E-state index contributed by atoms with van der Waals surface area (Å²) < 4.78 is 4.67. The lowest BCUT2D eigenvalue weighted by Gasteiger charge is -2.04. The standard InChI is InChI=1S/C7H12O2.C6H10O3/c1-3-5-6-9-7(8)4-2;1-4(3-7)5(2)6(8)9/h4H,2-3,5-6H2,1H3;4,7H,2-3H2,1H3,(H,8,9). The lowest BCUT2D eigenvalue weighted by atomic mass is 10.1. The first-order valence-corrected chi connectivity index (χ1v) is 5.72. The molecule has 1 unspecified atom stereocenters. The fraction of sp³-hybridized carbons (Fsp3) is 0.538. The van der Waals surface area contributed by atoms with E-state index in [1.165, 1.54) is 6.08 Å². The highest BCUT2D eigenvalue weighted by Crippen LogP contribution is 2.05. The Bertz CT molecular complexity index is 283. The summed E-state index contributed by atoms with van der Waals surface area (Å²) in [7, 11) is 0. The van der Waals surface area contributed by atoms with Gasteiger partial charge in [0.25, 0.3) is 0 Å². The maximum absolute atomic E-state index is 10.3. The number of carboxylic acid groups (broad SMARTS) is 1. The number of carboxylic acids is 1. The molecule has 5 nitrogen and oxygen atoms in total. The number of unbranched alkanes of at least 4 members (excludes halogenated alkanes) is 1. The fourth-order valence-electron chi connectivity index (χ4n) is 0.697. The van der Waals surface area contributed by atoms with E-state index in [9.17, 15) is 9.59 Å².